The second kappa shape index (κ2) is 8.80. The fourth-order valence-corrected chi connectivity index (χ4v) is 2.89. The molecule has 0 aliphatic carbocycles. The van der Waals surface area contributed by atoms with Crippen molar-refractivity contribution >= 4 is 17.6 Å². The predicted molar refractivity (Wildman–Crippen MR) is 99.2 cm³/mol. The number of rotatable bonds is 5. The van der Waals surface area contributed by atoms with Gasteiger partial charge in [-0.3, -0.25) is 14.7 Å². The highest BCUT2D eigenvalue weighted by Crippen LogP contribution is 2.18. The number of anilines is 1. The van der Waals surface area contributed by atoms with Gasteiger partial charge in [-0.05, 0) is 44.0 Å². The van der Waals surface area contributed by atoms with Crippen molar-refractivity contribution in [1.82, 2.24) is 15.5 Å². The number of likely N-dealkylation sites (tertiary alicyclic amines) is 1. The third-order valence-corrected chi connectivity index (χ3v) is 4.46. The van der Waals surface area contributed by atoms with Crippen molar-refractivity contribution < 1.29 is 9.18 Å². The summed E-state index contributed by atoms with van der Waals surface area (Å²) in [4.78, 5) is 18.6. The highest BCUT2D eigenvalue weighted by Gasteiger charge is 2.31. The second-order valence-electron chi connectivity index (χ2n) is 6.76. The normalized spacial score (nSPS) is 21.4. The Morgan fingerprint density at radius 1 is 1.32 bits per heavy atom. The lowest BCUT2D eigenvalue weighted by molar-refractivity contribution is -0.115. The van der Waals surface area contributed by atoms with Crippen LogP contribution in [0.25, 0.3) is 0 Å². The molecular formula is C18H28FN5O. The molecule has 2 unspecified atom stereocenters. The molecule has 6 nitrogen and oxygen atoms in total. The summed E-state index contributed by atoms with van der Waals surface area (Å²) in [7, 11) is 1.69. The van der Waals surface area contributed by atoms with Crippen LogP contribution in [0.3, 0.4) is 0 Å². The molecule has 0 bridgehead atoms. The van der Waals surface area contributed by atoms with Gasteiger partial charge in [0, 0.05) is 37.9 Å². The van der Waals surface area contributed by atoms with E-state index in [0.717, 1.165) is 13.1 Å². The summed E-state index contributed by atoms with van der Waals surface area (Å²) in [6.45, 7) is 8.71. The predicted octanol–water partition coefficient (Wildman–Crippen LogP) is 1.66. The van der Waals surface area contributed by atoms with Crippen LogP contribution in [0.4, 0.5) is 10.1 Å². The SMILES string of the molecule is CN=C(NCC(=O)Nc1ccc(F)cc1)NC1CN(C(C)C)CC1C. The largest absolute Gasteiger partial charge is 0.352 e. The van der Waals surface area contributed by atoms with Gasteiger partial charge >= 0.3 is 0 Å². The first-order valence-electron chi connectivity index (χ1n) is 8.65. The van der Waals surface area contributed by atoms with Crippen molar-refractivity contribution in [2.75, 3.05) is 32.0 Å². The van der Waals surface area contributed by atoms with Gasteiger partial charge in [0.15, 0.2) is 5.96 Å². The second-order valence-corrected chi connectivity index (χ2v) is 6.76. The van der Waals surface area contributed by atoms with Crippen molar-refractivity contribution in [1.29, 1.82) is 0 Å². The minimum Gasteiger partial charge on any atom is -0.352 e. The Morgan fingerprint density at radius 3 is 2.56 bits per heavy atom. The molecule has 25 heavy (non-hydrogen) atoms. The standard InChI is InChI=1S/C18H28FN5O/c1-12(2)24-10-13(3)16(11-24)23-18(20-4)21-9-17(25)22-15-7-5-14(19)6-8-15/h5-8,12-13,16H,9-11H2,1-4H3,(H,22,25)(H2,20,21,23). The van der Waals surface area contributed by atoms with E-state index in [0.29, 0.717) is 29.6 Å². The maximum Gasteiger partial charge on any atom is 0.243 e. The molecule has 0 radical (unpaired) electrons. The molecule has 1 aromatic carbocycles. The van der Waals surface area contributed by atoms with E-state index >= 15 is 0 Å². The Kier molecular flexibility index (Phi) is 6.75. The summed E-state index contributed by atoms with van der Waals surface area (Å²) in [6.07, 6.45) is 0. The van der Waals surface area contributed by atoms with Crippen LogP contribution in [0.15, 0.2) is 29.3 Å². The quantitative estimate of drug-likeness (QED) is 0.559. The molecule has 2 rings (SSSR count). The number of hydrogen-bond donors (Lipinski definition) is 3. The molecular weight excluding hydrogens is 321 g/mol. The highest BCUT2D eigenvalue weighted by atomic mass is 19.1. The topological polar surface area (TPSA) is 68.8 Å². The fraction of sp³-hybridized carbons (Fsp3) is 0.556. The van der Waals surface area contributed by atoms with E-state index in [4.69, 9.17) is 0 Å². The van der Waals surface area contributed by atoms with Crippen LogP contribution in [0.2, 0.25) is 0 Å². The number of amides is 1. The molecule has 1 aliphatic rings. The number of nitrogens with one attached hydrogen (secondary N) is 3. The van der Waals surface area contributed by atoms with E-state index in [-0.39, 0.29) is 18.3 Å². The smallest absolute Gasteiger partial charge is 0.243 e. The lowest BCUT2D eigenvalue weighted by atomic mass is 10.1. The molecule has 0 aromatic heterocycles. The van der Waals surface area contributed by atoms with Gasteiger partial charge in [0.1, 0.15) is 5.82 Å². The Bertz CT molecular complexity index is 602. The molecule has 1 heterocycles. The van der Waals surface area contributed by atoms with Gasteiger partial charge in [-0.25, -0.2) is 4.39 Å². The van der Waals surface area contributed by atoms with Crippen LogP contribution in [-0.2, 0) is 4.79 Å². The Balaban J connectivity index is 1.80. The third-order valence-electron chi connectivity index (χ3n) is 4.46. The van der Waals surface area contributed by atoms with Gasteiger partial charge in [-0.15, -0.1) is 0 Å². The van der Waals surface area contributed by atoms with Crippen molar-refractivity contribution in [3.05, 3.63) is 30.1 Å². The van der Waals surface area contributed by atoms with Crippen molar-refractivity contribution in [3.8, 4) is 0 Å². The lowest BCUT2D eigenvalue weighted by Crippen LogP contribution is -2.48. The third kappa shape index (κ3) is 5.70. The van der Waals surface area contributed by atoms with Gasteiger partial charge in [-0.1, -0.05) is 6.92 Å². The van der Waals surface area contributed by atoms with Gasteiger partial charge in [-0.2, -0.15) is 0 Å². The van der Waals surface area contributed by atoms with Crippen molar-refractivity contribution in [2.24, 2.45) is 10.9 Å². The maximum atomic E-state index is 12.9. The van der Waals surface area contributed by atoms with Crippen LogP contribution in [0.1, 0.15) is 20.8 Å². The first-order chi connectivity index (χ1) is 11.9. The van der Waals surface area contributed by atoms with Crippen LogP contribution in [-0.4, -0.2) is 55.5 Å². The first kappa shape index (κ1) is 19.2. The van der Waals surface area contributed by atoms with Crippen LogP contribution in [0, 0.1) is 11.7 Å². The zero-order valence-corrected chi connectivity index (χ0v) is 15.3. The van der Waals surface area contributed by atoms with E-state index in [2.05, 4.69) is 46.6 Å². The van der Waals surface area contributed by atoms with E-state index < -0.39 is 0 Å². The van der Waals surface area contributed by atoms with Crippen LogP contribution >= 0.6 is 0 Å². The van der Waals surface area contributed by atoms with Gasteiger partial charge < -0.3 is 16.0 Å². The van der Waals surface area contributed by atoms with Crippen molar-refractivity contribution in [3.63, 3.8) is 0 Å². The Hall–Kier alpha value is -2.15. The number of carbonyl (C=O) groups excluding carboxylic acids is 1. The maximum absolute atomic E-state index is 12.9. The first-order valence-corrected chi connectivity index (χ1v) is 8.65. The number of guanidine groups is 1. The zero-order valence-electron chi connectivity index (χ0n) is 15.3. The summed E-state index contributed by atoms with van der Waals surface area (Å²) in [5.41, 5.74) is 0.563. The Labute approximate surface area is 148 Å². The number of nitrogens with zero attached hydrogens (tertiary/aromatic N) is 2. The fourth-order valence-electron chi connectivity index (χ4n) is 2.89. The van der Waals surface area contributed by atoms with Gasteiger partial charge in [0.2, 0.25) is 5.91 Å². The molecule has 0 saturated carbocycles. The van der Waals surface area contributed by atoms with Crippen molar-refractivity contribution in [2.45, 2.75) is 32.9 Å². The van der Waals surface area contributed by atoms with E-state index in [1.54, 1.807) is 7.05 Å². The molecule has 1 aliphatic heterocycles. The minimum absolute atomic E-state index is 0.0893. The average molecular weight is 349 g/mol. The summed E-state index contributed by atoms with van der Waals surface area (Å²) in [5.74, 6) is 0.574. The Morgan fingerprint density at radius 2 is 2.00 bits per heavy atom. The minimum atomic E-state index is -0.332. The number of hydrogen-bond acceptors (Lipinski definition) is 3. The summed E-state index contributed by atoms with van der Waals surface area (Å²) in [5, 5.41) is 9.14. The number of benzene rings is 1. The highest BCUT2D eigenvalue weighted by molar-refractivity contribution is 5.95. The average Bonchev–Trinajstić information content (AvgIpc) is 2.94. The molecule has 7 heteroatoms. The summed E-state index contributed by atoms with van der Waals surface area (Å²) < 4.78 is 12.9. The van der Waals surface area contributed by atoms with Gasteiger partial charge in [0.25, 0.3) is 0 Å². The van der Waals surface area contributed by atoms with Gasteiger partial charge in [0.05, 0.1) is 6.54 Å². The van der Waals surface area contributed by atoms with Crippen LogP contribution < -0.4 is 16.0 Å². The number of carbonyl (C=O) groups is 1. The summed E-state index contributed by atoms with van der Waals surface area (Å²) >= 11 is 0. The lowest BCUT2D eigenvalue weighted by Gasteiger charge is -2.21. The molecule has 1 fully saturated rings. The molecule has 2 atom stereocenters. The van der Waals surface area contributed by atoms with E-state index in [1.165, 1.54) is 24.3 Å². The molecule has 1 amide bonds. The van der Waals surface area contributed by atoms with E-state index in [9.17, 15) is 9.18 Å². The number of halogens is 1. The monoisotopic (exact) mass is 349 g/mol. The van der Waals surface area contributed by atoms with E-state index in [1.807, 2.05) is 0 Å². The molecule has 1 aromatic rings. The summed E-state index contributed by atoms with van der Waals surface area (Å²) in [6, 6.07) is 6.50. The molecule has 1 saturated heterocycles. The molecule has 138 valence electrons. The molecule has 0 spiro atoms. The molecule has 3 N–H and O–H groups in total. The zero-order chi connectivity index (χ0) is 18.4. The number of aliphatic imine (C=N–C) groups is 1. The van der Waals surface area contributed by atoms with Crippen LogP contribution in [0.5, 0.6) is 0 Å².